The third kappa shape index (κ3) is 2.07. The highest BCUT2D eigenvalue weighted by atomic mass is 16.1. The summed E-state index contributed by atoms with van der Waals surface area (Å²) in [6.07, 6.45) is 5.42. The van der Waals surface area contributed by atoms with Crippen LogP contribution in [0.25, 0.3) is 17.1 Å². The van der Waals surface area contributed by atoms with E-state index in [9.17, 15) is 9.59 Å². The molecule has 1 heterocycles. The quantitative estimate of drug-likeness (QED) is 0.822. The summed E-state index contributed by atoms with van der Waals surface area (Å²) in [6.45, 7) is 0. The van der Waals surface area contributed by atoms with Crippen LogP contribution < -0.4 is 11.5 Å². The van der Waals surface area contributed by atoms with Crippen LogP contribution in [0, 0.1) is 0 Å². The Bertz CT molecular complexity index is 800. The first kappa shape index (κ1) is 14.3. The molecule has 0 saturated heterocycles. The van der Waals surface area contributed by atoms with Crippen molar-refractivity contribution < 1.29 is 9.59 Å². The van der Waals surface area contributed by atoms with Crippen molar-refractivity contribution in [3.05, 3.63) is 35.7 Å². The molecule has 1 saturated carbocycles. The Morgan fingerprint density at radius 3 is 2.59 bits per heavy atom. The van der Waals surface area contributed by atoms with Gasteiger partial charge in [-0.3, -0.25) is 9.59 Å². The highest BCUT2D eigenvalue weighted by Gasteiger charge is 2.47. The molecule has 0 atom stereocenters. The number of nitrogens with two attached hydrogens (primary N) is 2. The Kier molecular flexibility index (Phi) is 3.24. The summed E-state index contributed by atoms with van der Waals surface area (Å²) in [4.78, 5) is 27.3. The van der Waals surface area contributed by atoms with Crippen molar-refractivity contribution in [1.82, 2.24) is 9.55 Å². The fourth-order valence-corrected chi connectivity index (χ4v) is 3.04. The molecule has 2 amide bonds. The van der Waals surface area contributed by atoms with Gasteiger partial charge in [0.25, 0.3) is 0 Å². The van der Waals surface area contributed by atoms with Crippen LogP contribution in [0.15, 0.2) is 24.3 Å². The molecular weight excluding hydrogens is 280 g/mol. The van der Waals surface area contributed by atoms with Gasteiger partial charge in [-0.2, -0.15) is 0 Å². The molecule has 4 N–H and O–H groups in total. The number of aromatic nitrogens is 2. The maximum atomic E-state index is 11.9. The summed E-state index contributed by atoms with van der Waals surface area (Å²) in [7, 11) is 1.90. The Morgan fingerprint density at radius 2 is 2.05 bits per heavy atom. The van der Waals surface area contributed by atoms with Crippen LogP contribution in [0.3, 0.4) is 0 Å². The Labute approximate surface area is 127 Å². The number of primary amides is 2. The van der Waals surface area contributed by atoms with Gasteiger partial charge in [-0.25, -0.2) is 4.98 Å². The van der Waals surface area contributed by atoms with Crippen LogP contribution in [0.4, 0.5) is 0 Å². The van der Waals surface area contributed by atoms with Crippen molar-refractivity contribution in [3.8, 4) is 0 Å². The lowest BCUT2D eigenvalue weighted by atomic mass is 9.67. The predicted molar refractivity (Wildman–Crippen MR) is 83.7 cm³/mol. The van der Waals surface area contributed by atoms with Gasteiger partial charge < -0.3 is 16.0 Å². The molecular formula is C16H18N4O2. The van der Waals surface area contributed by atoms with E-state index in [1.54, 1.807) is 6.08 Å². The van der Waals surface area contributed by atoms with Crippen LogP contribution in [-0.2, 0) is 22.1 Å². The van der Waals surface area contributed by atoms with Crippen molar-refractivity contribution in [1.29, 1.82) is 0 Å². The topological polar surface area (TPSA) is 104 Å². The fourth-order valence-electron chi connectivity index (χ4n) is 3.04. The van der Waals surface area contributed by atoms with E-state index >= 15 is 0 Å². The minimum Gasteiger partial charge on any atom is -0.369 e. The van der Waals surface area contributed by atoms with Gasteiger partial charge in [0.15, 0.2) is 0 Å². The van der Waals surface area contributed by atoms with Crippen LogP contribution in [0.1, 0.15) is 30.7 Å². The number of hydrogen-bond acceptors (Lipinski definition) is 3. The molecule has 2 aromatic rings. The van der Waals surface area contributed by atoms with Gasteiger partial charge in [0.1, 0.15) is 11.2 Å². The van der Waals surface area contributed by atoms with E-state index in [1.165, 1.54) is 6.08 Å². The molecule has 0 spiro atoms. The van der Waals surface area contributed by atoms with Gasteiger partial charge in [0, 0.05) is 13.1 Å². The van der Waals surface area contributed by atoms with E-state index in [-0.39, 0.29) is 5.91 Å². The molecule has 0 aliphatic heterocycles. The summed E-state index contributed by atoms with van der Waals surface area (Å²) in [5, 5.41) is 0. The minimum atomic E-state index is -0.642. The number of fused-ring (bicyclic) bond motifs is 1. The third-order valence-electron chi connectivity index (χ3n) is 4.45. The van der Waals surface area contributed by atoms with Gasteiger partial charge in [-0.05, 0) is 36.6 Å². The number of rotatable bonds is 4. The van der Waals surface area contributed by atoms with Crippen molar-refractivity contribution in [2.45, 2.75) is 24.7 Å². The molecule has 6 nitrogen and oxygen atoms in total. The highest BCUT2D eigenvalue weighted by Crippen LogP contribution is 2.43. The van der Waals surface area contributed by atoms with Crippen LogP contribution in [-0.4, -0.2) is 21.4 Å². The zero-order valence-corrected chi connectivity index (χ0v) is 12.4. The number of nitrogens with zero attached hydrogens (tertiary/aromatic N) is 2. The number of carbonyl (C=O) groups excluding carboxylic acids is 2. The molecule has 22 heavy (non-hydrogen) atoms. The lowest BCUT2D eigenvalue weighted by molar-refractivity contribution is -0.127. The first-order valence-corrected chi connectivity index (χ1v) is 7.18. The van der Waals surface area contributed by atoms with Crippen molar-refractivity contribution in [2.24, 2.45) is 18.5 Å². The van der Waals surface area contributed by atoms with Gasteiger partial charge in [-0.15, -0.1) is 0 Å². The fraction of sp³-hybridized carbons (Fsp3) is 0.312. The molecule has 1 aromatic heterocycles. The van der Waals surface area contributed by atoms with E-state index in [1.807, 2.05) is 29.8 Å². The zero-order chi connectivity index (χ0) is 15.9. The molecule has 1 aromatic carbocycles. The van der Waals surface area contributed by atoms with Gasteiger partial charge in [0.2, 0.25) is 11.8 Å². The number of amides is 2. The monoisotopic (exact) mass is 298 g/mol. The van der Waals surface area contributed by atoms with Crippen LogP contribution in [0.5, 0.6) is 0 Å². The predicted octanol–water partition coefficient (Wildman–Crippen LogP) is 0.979. The average molecular weight is 298 g/mol. The Balaban J connectivity index is 2.09. The largest absolute Gasteiger partial charge is 0.369 e. The normalized spacial score (nSPS) is 16.8. The minimum absolute atomic E-state index is 0.314. The van der Waals surface area contributed by atoms with E-state index < -0.39 is 11.3 Å². The van der Waals surface area contributed by atoms with Crippen LogP contribution in [0.2, 0.25) is 0 Å². The maximum Gasteiger partial charge on any atom is 0.241 e. The van der Waals surface area contributed by atoms with E-state index in [0.29, 0.717) is 0 Å². The first-order valence-electron chi connectivity index (χ1n) is 7.18. The van der Waals surface area contributed by atoms with E-state index in [2.05, 4.69) is 4.98 Å². The standard InChI is InChI=1S/C16H18N4O2/c1-20-12-5-3-10(4-6-13(17)21)9-11(12)19-15(20)16(14(18)22)7-2-8-16/h3-6,9H,2,7-8H2,1H3,(H2,17,21)(H2,18,22)/b6-4+. The molecule has 1 fully saturated rings. The Hall–Kier alpha value is -2.63. The second-order valence-electron chi connectivity index (χ2n) is 5.78. The number of aryl methyl sites for hydroxylation is 1. The average Bonchev–Trinajstić information content (AvgIpc) is 2.72. The SMILES string of the molecule is Cn1c(C2(C(N)=O)CCC2)nc2cc(/C=C/C(N)=O)ccc21. The molecule has 1 aliphatic rings. The van der Waals surface area contributed by atoms with E-state index in [4.69, 9.17) is 11.5 Å². The smallest absolute Gasteiger partial charge is 0.241 e. The molecule has 0 bridgehead atoms. The number of imidazole rings is 1. The van der Waals surface area contributed by atoms with Crippen LogP contribution >= 0.6 is 0 Å². The van der Waals surface area contributed by atoms with Gasteiger partial charge >= 0.3 is 0 Å². The first-order chi connectivity index (χ1) is 10.4. The highest BCUT2D eigenvalue weighted by molar-refractivity contribution is 5.91. The summed E-state index contributed by atoms with van der Waals surface area (Å²) >= 11 is 0. The van der Waals surface area contributed by atoms with Gasteiger partial charge in [0.05, 0.1) is 11.0 Å². The van der Waals surface area contributed by atoms with Crippen molar-refractivity contribution in [2.75, 3.05) is 0 Å². The number of carbonyl (C=O) groups is 2. The summed E-state index contributed by atoms with van der Waals surface area (Å²) < 4.78 is 1.93. The van der Waals surface area contributed by atoms with Crippen molar-refractivity contribution >= 4 is 28.9 Å². The zero-order valence-electron chi connectivity index (χ0n) is 12.4. The van der Waals surface area contributed by atoms with Gasteiger partial charge in [-0.1, -0.05) is 12.5 Å². The summed E-state index contributed by atoms with van der Waals surface area (Å²) in [5.74, 6) is -0.0905. The molecule has 0 unspecified atom stereocenters. The Morgan fingerprint density at radius 1 is 1.32 bits per heavy atom. The molecule has 114 valence electrons. The molecule has 0 radical (unpaired) electrons. The summed E-state index contributed by atoms with van der Waals surface area (Å²) in [6, 6.07) is 5.66. The van der Waals surface area contributed by atoms with E-state index in [0.717, 1.165) is 41.7 Å². The number of benzene rings is 1. The third-order valence-corrected chi connectivity index (χ3v) is 4.45. The second-order valence-corrected chi connectivity index (χ2v) is 5.78. The number of hydrogen-bond donors (Lipinski definition) is 2. The maximum absolute atomic E-state index is 11.9. The lowest BCUT2D eigenvalue weighted by Crippen LogP contribution is -2.48. The van der Waals surface area contributed by atoms with Crippen molar-refractivity contribution in [3.63, 3.8) is 0 Å². The lowest BCUT2D eigenvalue weighted by Gasteiger charge is -2.37. The molecule has 3 rings (SSSR count). The molecule has 1 aliphatic carbocycles. The molecule has 6 heteroatoms. The second kappa shape index (κ2) is 4.98. The summed E-state index contributed by atoms with van der Waals surface area (Å²) in [5.41, 5.74) is 12.6.